The molecule has 2 N–H and O–H groups in total. The minimum Gasteiger partial charge on any atom is -0.342 e. The topological polar surface area (TPSA) is 40.7 Å². The van der Waals surface area contributed by atoms with Crippen molar-refractivity contribution in [2.45, 2.75) is 38.1 Å². The van der Waals surface area contributed by atoms with Crippen molar-refractivity contribution in [1.82, 2.24) is 15.3 Å². The Kier molecular flexibility index (Phi) is 3.10. The summed E-state index contributed by atoms with van der Waals surface area (Å²) < 4.78 is 0. The van der Waals surface area contributed by atoms with Crippen LogP contribution in [-0.2, 0) is 6.42 Å². The smallest absolute Gasteiger partial charge is 0.107 e. The van der Waals surface area contributed by atoms with Crippen molar-refractivity contribution < 1.29 is 0 Å². The number of fused-ring (bicyclic) bond motifs is 1. The molecule has 1 aromatic heterocycles. The number of para-hydroxylation sites is 2. The molecule has 1 atom stereocenters. The fraction of sp³-hybridized carbons (Fsp3) is 0.500. The summed E-state index contributed by atoms with van der Waals surface area (Å²) in [5.74, 6) is 1.13. The SMILES string of the molecule is c1ccc2[nH]c(CCCC3CCCN3)nc2c1. The van der Waals surface area contributed by atoms with E-state index in [9.17, 15) is 0 Å². The van der Waals surface area contributed by atoms with E-state index in [1.165, 1.54) is 32.2 Å². The third-order valence-corrected chi connectivity index (χ3v) is 3.57. The zero-order valence-corrected chi connectivity index (χ0v) is 10.1. The van der Waals surface area contributed by atoms with Gasteiger partial charge >= 0.3 is 0 Å². The maximum atomic E-state index is 4.60. The summed E-state index contributed by atoms with van der Waals surface area (Å²) in [6.45, 7) is 1.20. The monoisotopic (exact) mass is 229 g/mol. The lowest BCUT2D eigenvalue weighted by Gasteiger charge is -2.08. The van der Waals surface area contributed by atoms with Gasteiger partial charge in [-0.05, 0) is 44.4 Å². The van der Waals surface area contributed by atoms with Crippen LogP contribution in [0.4, 0.5) is 0 Å². The molecule has 2 heterocycles. The normalized spacial score (nSPS) is 20.1. The average molecular weight is 229 g/mol. The lowest BCUT2D eigenvalue weighted by atomic mass is 10.1. The minimum atomic E-state index is 0.749. The van der Waals surface area contributed by atoms with Crippen LogP contribution in [-0.4, -0.2) is 22.6 Å². The summed E-state index contributed by atoms with van der Waals surface area (Å²) in [5.41, 5.74) is 2.24. The molecule has 0 spiro atoms. The van der Waals surface area contributed by atoms with Crippen molar-refractivity contribution >= 4 is 11.0 Å². The van der Waals surface area contributed by atoms with E-state index in [0.717, 1.165) is 29.3 Å². The van der Waals surface area contributed by atoms with E-state index in [4.69, 9.17) is 0 Å². The number of aryl methyl sites for hydroxylation is 1. The van der Waals surface area contributed by atoms with Gasteiger partial charge in [-0.25, -0.2) is 4.98 Å². The molecule has 1 aliphatic heterocycles. The van der Waals surface area contributed by atoms with Crippen LogP contribution in [0.2, 0.25) is 0 Å². The van der Waals surface area contributed by atoms with Crippen LogP contribution in [0.25, 0.3) is 11.0 Å². The minimum absolute atomic E-state index is 0.749. The van der Waals surface area contributed by atoms with Gasteiger partial charge in [-0.2, -0.15) is 0 Å². The number of H-pyrrole nitrogens is 1. The quantitative estimate of drug-likeness (QED) is 0.846. The summed E-state index contributed by atoms with van der Waals surface area (Å²) in [7, 11) is 0. The number of aromatic amines is 1. The largest absolute Gasteiger partial charge is 0.342 e. The zero-order chi connectivity index (χ0) is 11.5. The molecule has 0 saturated carbocycles. The van der Waals surface area contributed by atoms with Gasteiger partial charge in [0.05, 0.1) is 11.0 Å². The summed E-state index contributed by atoms with van der Waals surface area (Å²) >= 11 is 0. The molecule has 0 radical (unpaired) electrons. The first-order valence-corrected chi connectivity index (χ1v) is 6.59. The number of hydrogen-bond acceptors (Lipinski definition) is 2. The Hall–Kier alpha value is -1.35. The van der Waals surface area contributed by atoms with Crippen LogP contribution in [0, 0.1) is 0 Å². The van der Waals surface area contributed by atoms with Crippen molar-refractivity contribution in [2.24, 2.45) is 0 Å². The van der Waals surface area contributed by atoms with Crippen LogP contribution in [0.15, 0.2) is 24.3 Å². The van der Waals surface area contributed by atoms with Crippen molar-refractivity contribution in [3.8, 4) is 0 Å². The molecular formula is C14H19N3. The summed E-state index contributed by atoms with van der Waals surface area (Å²) in [4.78, 5) is 7.99. The zero-order valence-electron chi connectivity index (χ0n) is 10.1. The number of nitrogens with zero attached hydrogens (tertiary/aromatic N) is 1. The van der Waals surface area contributed by atoms with Crippen molar-refractivity contribution in [1.29, 1.82) is 0 Å². The summed E-state index contributed by atoms with van der Waals surface area (Å²) in [5, 5.41) is 3.54. The Morgan fingerprint density at radius 1 is 1.29 bits per heavy atom. The first kappa shape index (κ1) is 10.8. The highest BCUT2D eigenvalue weighted by molar-refractivity contribution is 5.74. The van der Waals surface area contributed by atoms with Gasteiger partial charge in [-0.15, -0.1) is 0 Å². The molecule has 0 amide bonds. The van der Waals surface area contributed by atoms with E-state index in [1.807, 2.05) is 12.1 Å². The van der Waals surface area contributed by atoms with Gasteiger partial charge in [-0.3, -0.25) is 0 Å². The number of hydrogen-bond donors (Lipinski definition) is 2. The van der Waals surface area contributed by atoms with E-state index >= 15 is 0 Å². The predicted octanol–water partition coefficient (Wildman–Crippen LogP) is 2.64. The number of nitrogens with one attached hydrogen (secondary N) is 2. The highest BCUT2D eigenvalue weighted by Crippen LogP contribution is 2.14. The molecule has 17 heavy (non-hydrogen) atoms. The first-order valence-electron chi connectivity index (χ1n) is 6.59. The Morgan fingerprint density at radius 2 is 2.24 bits per heavy atom. The van der Waals surface area contributed by atoms with Gasteiger partial charge in [0.2, 0.25) is 0 Å². The lowest BCUT2D eigenvalue weighted by Crippen LogP contribution is -2.21. The number of benzene rings is 1. The van der Waals surface area contributed by atoms with Crippen LogP contribution < -0.4 is 5.32 Å². The lowest BCUT2D eigenvalue weighted by molar-refractivity contribution is 0.532. The standard InChI is InChI=1S/C14H19N3/c1-2-8-13-12(7-1)16-14(17-13)9-3-5-11-6-4-10-15-11/h1-2,7-8,11,15H,3-6,9-10H2,(H,16,17). The third-order valence-electron chi connectivity index (χ3n) is 3.57. The van der Waals surface area contributed by atoms with Crippen molar-refractivity contribution in [2.75, 3.05) is 6.54 Å². The Morgan fingerprint density at radius 3 is 3.06 bits per heavy atom. The molecule has 1 aromatic carbocycles. The molecule has 3 heteroatoms. The number of aromatic nitrogens is 2. The van der Waals surface area contributed by atoms with Gasteiger partial charge in [0.1, 0.15) is 5.82 Å². The first-order chi connectivity index (χ1) is 8.42. The summed E-state index contributed by atoms with van der Waals surface area (Å²) in [6.07, 6.45) is 6.25. The fourth-order valence-electron chi connectivity index (χ4n) is 2.64. The summed E-state index contributed by atoms with van der Waals surface area (Å²) in [6, 6.07) is 8.99. The molecule has 1 unspecified atom stereocenters. The maximum Gasteiger partial charge on any atom is 0.107 e. The fourth-order valence-corrected chi connectivity index (χ4v) is 2.64. The van der Waals surface area contributed by atoms with Gasteiger partial charge in [0, 0.05) is 12.5 Å². The molecule has 0 aliphatic carbocycles. The molecular weight excluding hydrogens is 210 g/mol. The van der Waals surface area contributed by atoms with Gasteiger partial charge < -0.3 is 10.3 Å². The highest BCUT2D eigenvalue weighted by atomic mass is 14.9. The van der Waals surface area contributed by atoms with E-state index < -0.39 is 0 Å². The molecule has 1 saturated heterocycles. The van der Waals surface area contributed by atoms with Crippen molar-refractivity contribution in [3.05, 3.63) is 30.1 Å². The average Bonchev–Trinajstić information content (AvgIpc) is 2.96. The molecule has 90 valence electrons. The third kappa shape index (κ3) is 2.50. The van der Waals surface area contributed by atoms with Crippen LogP contribution >= 0.6 is 0 Å². The number of imidazole rings is 1. The van der Waals surface area contributed by atoms with E-state index in [0.29, 0.717) is 0 Å². The second kappa shape index (κ2) is 4.88. The molecule has 3 rings (SSSR count). The molecule has 3 nitrogen and oxygen atoms in total. The second-order valence-corrected chi connectivity index (χ2v) is 4.89. The Bertz CT molecular complexity index is 450. The van der Waals surface area contributed by atoms with Gasteiger partial charge in [0.15, 0.2) is 0 Å². The van der Waals surface area contributed by atoms with Crippen LogP contribution in [0.3, 0.4) is 0 Å². The maximum absolute atomic E-state index is 4.60. The Labute approximate surface area is 102 Å². The van der Waals surface area contributed by atoms with Crippen LogP contribution in [0.1, 0.15) is 31.5 Å². The predicted molar refractivity (Wildman–Crippen MR) is 70.1 cm³/mol. The number of rotatable bonds is 4. The Balaban J connectivity index is 1.57. The van der Waals surface area contributed by atoms with Gasteiger partial charge in [-0.1, -0.05) is 12.1 Å². The molecule has 2 aromatic rings. The van der Waals surface area contributed by atoms with E-state index in [-0.39, 0.29) is 0 Å². The molecule has 0 bridgehead atoms. The molecule has 1 aliphatic rings. The highest BCUT2D eigenvalue weighted by Gasteiger charge is 2.13. The van der Waals surface area contributed by atoms with Crippen molar-refractivity contribution in [3.63, 3.8) is 0 Å². The van der Waals surface area contributed by atoms with E-state index in [1.54, 1.807) is 0 Å². The van der Waals surface area contributed by atoms with E-state index in [2.05, 4.69) is 27.4 Å². The van der Waals surface area contributed by atoms with Gasteiger partial charge in [0.25, 0.3) is 0 Å². The second-order valence-electron chi connectivity index (χ2n) is 4.89. The van der Waals surface area contributed by atoms with Crippen LogP contribution in [0.5, 0.6) is 0 Å². The molecule has 1 fully saturated rings.